The maximum atomic E-state index is 11.2. The van der Waals surface area contributed by atoms with Gasteiger partial charge in [0, 0.05) is 54.1 Å². The van der Waals surface area contributed by atoms with Gasteiger partial charge in [-0.1, -0.05) is 0 Å². The van der Waals surface area contributed by atoms with Crippen LogP contribution < -0.4 is 5.32 Å². The SMILES string of the molecule is Cc1cc(-c2cc[nH]c2)c(Nc2ccn(C)n2)cc1C=O. The number of anilines is 2. The zero-order valence-electron chi connectivity index (χ0n) is 11.9. The number of hydrogen-bond acceptors (Lipinski definition) is 3. The number of aldehydes is 1. The zero-order valence-corrected chi connectivity index (χ0v) is 11.9. The number of hydrogen-bond donors (Lipinski definition) is 2. The molecule has 2 aromatic heterocycles. The number of rotatable bonds is 4. The van der Waals surface area contributed by atoms with Crippen LogP contribution >= 0.6 is 0 Å². The van der Waals surface area contributed by atoms with Crippen molar-refractivity contribution in [3.8, 4) is 11.1 Å². The van der Waals surface area contributed by atoms with Crippen LogP contribution in [0.2, 0.25) is 0 Å². The van der Waals surface area contributed by atoms with Gasteiger partial charge in [0.1, 0.15) is 6.29 Å². The molecular formula is C16H16N4O. The lowest BCUT2D eigenvalue weighted by atomic mass is 10.00. The maximum Gasteiger partial charge on any atom is 0.152 e. The Morgan fingerprint density at radius 2 is 2.19 bits per heavy atom. The Morgan fingerprint density at radius 3 is 2.81 bits per heavy atom. The van der Waals surface area contributed by atoms with Crippen LogP contribution in [0.4, 0.5) is 11.5 Å². The van der Waals surface area contributed by atoms with E-state index in [1.165, 1.54) is 0 Å². The Bertz CT molecular complexity index is 772. The fraction of sp³-hybridized carbons (Fsp3) is 0.125. The lowest BCUT2D eigenvalue weighted by Gasteiger charge is -2.12. The molecule has 0 unspecified atom stereocenters. The number of H-pyrrole nitrogens is 1. The Balaban J connectivity index is 2.09. The minimum absolute atomic E-state index is 0.674. The predicted molar refractivity (Wildman–Crippen MR) is 82.8 cm³/mol. The number of nitrogens with one attached hydrogen (secondary N) is 2. The largest absolute Gasteiger partial charge is 0.367 e. The van der Waals surface area contributed by atoms with Crippen LogP contribution in [-0.4, -0.2) is 21.1 Å². The molecule has 0 spiro atoms. The van der Waals surface area contributed by atoms with E-state index in [1.807, 2.05) is 56.8 Å². The highest BCUT2D eigenvalue weighted by molar-refractivity contribution is 5.88. The van der Waals surface area contributed by atoms with Gasteiger partial charge in [0.05, 0.1) is 0 Å². The van der Waals surface area contributed by atoms with Crippen LogP contribution in [0.5, 0.6) is 0 Å². The fourth-order valence-electron chi connectivity index (χ4n) is 2.31. The summed E-state index contributed by atoms with van der Waals surface area (Å²) < 4.78 is 1.73. The van der Waals surface area contributed by atoms with Gasteiger partial charge in [-0.2, -0.15) is 5.10 Å². The Kier molecular flexibility index (Phi) is 3.31. The molecule has 106 valence electrons. The molecule has 5 heteroatoms. The van der Waals surface area contributed by atoms with Crippen LogP contribution in [0.15, 0.2) is 42.9 Å². The van der Waals surface area contributed by atoms with Crippen LogP contribution in [0.25, 0.3) is 11.1 Å². The molecule has 3 rings (SSSR count). The topological polar surface area (TPSA) is 62.7 Å². The number of aromatic amines is 1. The van der Waals surface area contributed by atoms with E-state index in [9.17, 15) is 4.79 Å². The molecule has 21 heavy (non-hydrogen) atoms. The first-order valence-corrected chi connectivity index (χ1v) is 6.67. The first-order valence-electron chi connectivity index (χ1n) is 6.67. The van der Waals surface area contributed by atoms with E-state index in [2.05, 4.69) is 15.4 Å². The number of aromatic nitrogens is 3. The van der Waals surface area contributed by atoms with Crippen molar-refractivity contribution in [2.24, 2.45) is 7.05 Å². The third-order valence-corrected chi connectivity index (χ3v) is 3.42. The van der Waals surface area contributed by atoms with E-state index < -0.39 is 0 Å². The molecule has 0 fully saturated rings. The molecule has 5 nitrogen and oxygen atoms in total. The molecular weight excluding hydrogens is 264 g/mol. The van der Waals surface area contributed by atoms with E-state index in [1.54, 1.807) is 4.68 Å². The van der Waals surface area contributed by atoms with Crippen LogP contribution in [0, 0.1) is 6.92 Å². The number of carbonyl (C=O) groups excluding carboxylic acids is 1. The summed E-state index contributed by atoms with van der Waals surface area (Å²) in [5, 5.41) is 7.59. The number of aryl methyl sites for hydroxylation is 2. The van der Waals surface area contributed by atoms with Gasteiger partial charge in [-0.3, -0.25) is 9.48 Å². The second kappa shape index (κ2) is 5.28. The molecule has 0 saturated carbocycles. The maximum absolute atomic E-state index is 11.2. The number of nitrogens with zero attached hydrogens (tertiary/aromatic N) is 2. The first kappa shape index (κ1) is 13.2. The average molecular weight is 280 g/mol. The van der Waals surface area contributed by atoms with Crippen molar-refractivity contribution in [3.05, 3.63) is 54.0 Å². The molecule has 2 heterocycles. The van der Waals surface area contributed by atoms with Gasteiger partial charge in [0.15, 0.2) is 5.82 Å². The lowest BCUT2D eigenvalue weighted by Crippen LogP contribution is -1.98. The van der Waals surface area contributed by atoms with Crippen LogP contribution in [-0.2, 0) is 7.05 Å². The summed E-state index contributed by atoms with van der Waals surface area (Å²) in [6, 6.07) is 7.76. The van der Waals surface area contributed by atoms with Gasteiger partial charge in [0.25, 0.3) is 0 Å². The Morgan fingerprint density at radius 1 is 1.33 bits per heavy atom. The van der Waals surface area contributed by atoms with E-state index in [4.69, 9.17) is 0 Å². The average Bonchev–Trinajstić information content (AvgIpc) is 3.12. The summed E-state index contributed by atoms with van der Waals surface area (Å²) in [6.07, 6.45) is 6.55. The van der Waals surface area contributed by atoms with Crippen molar-refractivity contribution in [3.63, 3.8) is 0 Å². The summed E-state index contributed by atoms with van der Waals surface area (Å²) in [4.78, 5) is 14.2. The molecule has 2 N–H and O–H groups in total. The monoisotopic (exact) mass is 280 g/mol. The van der Waals surface area contributed by atoms with E-state index in [-0.39, 0.29) is 0 Å². The van der Waals surface area contributed by atoms with Crippen LogP contribution in [0.3, 0.4) is 0 Å². The van der Waals surface area contributed by atoms with Gasteiger partial charge in [0.2, 0.25) is 0 Å². The summed E-state index contributed by atoms with van der Waals surface area (Å²) in [7, 11) is 1.87. The first-order chi connectivity index (χ1) is 10.2. The van der Waals surface area contributed by atoms with Gasteiger partial charge in [-0.05, 0) is 30.7 Å². The van der Waals surface area contributed by atoms with Crippen molar-refractivity contribution in [2.45, 2.75) is 6.92 Å². The molecule has 1 aromatic carbocycles. The third kappa shape index (κ3) is 2.58. The third-order valence-electron chi connectivity index (χ3n) is 3.42. The summed E-state index contributed by atoms with van der Waals surface area (Å²) in [5.74, 6) is 0.745. The van der Waals surface area contributed by atoms with Crippen molar-refractivity contribution < 1.29 is 4.79 Å². The molecule has 0 amide bonds. The minimum atomic E-state index is 0.674. The van der Waals surface area contributed by atoms with Crippen molar-refractivity contribution >= 4 is 17.8 Å². The molecule has 0 aliphatic carbocycles. The predicted octanol–water partition coefficient (Wildman–Crippen LogP) is 3.28. The van der Waals surface area contributed by atoms with Crippen molar-refractivity contribution in [1.29, 1.82) is 0 Å². The fourth-order valence-corrected chi connectivity index (χ4v) is 2.31. The molecule has 0 radical (unpaired) electrons. The van der Waals surface area contributed by atoms with E-state index in [0.717, 1.165) is 34.5 Å². The highest BCUT2D eigenvalue weighted by atomic mass is 16.1. The second-order valence-electron chi connectivity index (χ2n) is 4.97. The van der Waals surface area contributed by atoms with Gasteiger partial charge in [-0.25, -0.2) is 0 Å². The van der Waals surface area contributed by atoms with Crippen molar-refractivity contribution in [1.82, 2.24) is 14.8 Å². The molecule has 3 aromatic rings. The second-order valence-corrected chi connectivity index (χ2v) is 4.97. The smallest absolute Gasteiger partial charge is 0.152 e. The quantitative estimate of drug-likeness (QED) is 0.721. The standard InChI is InChI=1S/C16H16N4O/c1-11-7-14(12-3-5-17-9-12)15(8-13(11)10-21)18-16-4-6-20(2)19-16/h3-10,17H,1-2H3,(H,18,19). The molecule has 0 aliphatic rings. The number of benzene rings is 1. The molecule has 0 aliphatic heterocycles. The Labute approximate surface area is 122 Å². The summed E-state index contributed by atoms with van der Waals surface area (Å²) >= 11 is 0. The van der Waals surface area contributed by atoms with Gasteiger partial charge >= 0.3 is 0 Å². The molecule has 0 bridgehead atoms. The molecule has 0 atom stereocenters. The summed E-state index contributed by atoms with van der Waals surface area (Å²) in [6.45, 7) is 1.93. The van der Waals surface area contributed by atoms with Crippen molar-refractivity contribution in [2.75, 3.05) is 5.32 Å². The van der Waals surface area contributed by atoms with E-state index in [0.29, 0.717) is 5.56 Å². The van der Waals surface area contributed by atoms with Crippen LogP contribution in [0.1, 0.15) is 15.9 Å². The highest BCUT2D eigenvalue weighted by Gasteiger charge is 2.11. The number of carbonyl (C=O) groups is 1. The van der Waals surface area contributed by atoms with E-state index >= 15 is 0 Å². The van der Waals surface area contributed by atoms with Gasteiger partial charge in [-0.15, -0.1) is 0 Å². The lowest BCUT2D eigenvalue weighted by molar-refractivity contribution is 0.112. The minimum Gasteiger partial charge on any atom is -0.367 e. The van der Waals surface area contributed by atoms with Gasteiger partial charge < -0.3 is 10.3 Å². The Hall–Kier alpha value is -2.82. The normalized spacial score (nSPS) is 10.6. The molecule has 0 saturated heterocycles. The highest BCUT2D eigenvalue weighted by Crippen LogP contribution is 2.32. The summed E-state index contributed by atoms with van der Waals surface area (Å²) in [5.41, 5.74) is 4.58. The zero-order chi connectivity index (χ0) is 14.8.